The zero-order valence-electron chi connectivity index (χ0n) is 12.0. The second kappa shape index (κ2) is 6.46. The number of sulfonamides is 1. The van der Waals surface area contributed by atoms with Gasteiger partial charge in [-0.3, -0.25) is 0 Å². The molecule has 0 bridgehead atoms. The summed E-state index contributed by atoms with van der Waals surface area (Å²) in [4.78, 5) is 0.386. The summed E-state index contributed by atoms with van der Waals surface area (Å²) in [6.07, 6.45) is 2.80. The van der Waals surface area contributed by atoms with Gasteiger partial charge in [0.2, 0.25) is 10.0 Å². The van der Waals surface area contributed by atoms with Crippen molar-refractivity contribution in [2.75, 3.05) is 12.4 Å². The Morgan fingerprint density at radius 2 is 1.85 bits per heavy atom. The normalized spacial score (nSPS) is 24.8. The molecule has 1 aromatic carbocycles. The van der Waals surface area contributed by atoms with Crippen LogP contribution < -0.4 is 0 Å². The van der Waals surface area contributed by atoms with Crippen LogP contribution in [-0.2, 0) is 16.4 Å². The standard InChI is InChI=1S/C15H22ClNO2S/c1-12-3-4-13(2)17(11-12)20(18,19)15-7-5-14(6-8-15)9-10-16/h5-8,12-13H,3-4,9-11H2,1-2H3. The number of alkyl halides is 1. The van der Waals surface area contributed by atoms with Crippen molar-refractivity contribution in [1.29, 1.82) is 0 Å². The first-order valence-corrected chi connectivity index (χ1v) is 9.09. The van der Waals surface area contributed by atoms with E-state index in [4.69, 9.17) is 11.6 Å². The van der Waals surface area contributed by atoms with Gasteiger partial charge in [-0.25, -0.2) is 8.42 Å². The molecule has 0 saturated carbocycles. The Labute approximate surface area is 127 Å². The summed E-state index contributed by atoms with van der Waals surface area (Å²) in [5.41, 5.74) is 1.07. The monoisotopic (exact) mass is 315 g/mol. The maximum absolute atomic E-state index is 12.7. The summed E-state index contributed by atoms with van der Waals surface area (Å²) in [5.74, 6) is 0.976. The smallest absolute Gasteiger partial charge is 0.207 e. The van der Waals surface area contributed by atoms with Crippen LogP contribution >= 0.6 is 11.6 Å². The third-order valence-corrected chi connectivity index (χ3v) is 6.16. The molecule has 112 valence electrons. The van der Waals surface area contributed by atoms with Gasteiger partial charge in [0.05, 0.1) is 4.90 Å². The van der Waals surface area contributed by atoms with Crippen molar-refractivity contribution in [3.05, 3.63) is 29.8 Å². The molecule has 1 heterocycles. The van der Waals surface area contributed by atoms with Crippen LogP contribution in [-0.4, -0.2) is 31.2 Å². The molecule has 1 aromatic rings. The van der Waals surface area contributed by atoms with Crippen molar-refractivity contribution in [1.82, 2.24) is 4.31 Å². The number of rotatable bonds is 4. The molecule has 20 heavy (non-hydrogen) atoms. The largest absolute Gasteiger partial charge is 0.243 e. The van der Waals surface area contributed by atoms with Crippen molar-refractivity contribution < 1.29 is 8.42 Å². The second-order valence-electron chi connectivity index (χ2n) is 5.69. The first-order chi connectivity index (χ1) is 9.45. The van der Waals surface area contributed by atoms with Crippen molar-refractivity contribution in [3.8, 4) is 0 Å². The van der Waals surface area contributed by atoms with E-state index >= 15 is 0 Å². The predicted octanol–water partition coefficient (Wildman–Crippen LogP) is 3.28. The van der Waals surface area contributed by atoms with Crippen LogP contribution in [0.25, 0.3) is 0 Å². The minimum Gasteiger partial charge on any atom is -0.207 e. The zero-order chi connectivity index (χ0) is 14.8. The van der Waals surface area contributed by atoms with Gasteiger partial charge in [0.1, 0.15) is 0 Å². The van der Waals surface area contributed by atoms with Crippen molar-refractivity contribution in [3.63, 3.8) is 0 Å². The number of piperidine rings is 1. The summed E-state index contributed by atoms with van der Waals surface area (Å²) < 4.78 is 27.1. The number of nitrogens with zero attached hydrogens (tertiary/aromatic N) is 1. The highest BCUT2D eigenvalue weighted by atomic mass is 35.5. The Kier molecular flexibility index (Phi) is 5.10. The fraction of sp³-hybridized carbons (Fsp3) is 0.600. The lowest BCUT2D eigenvalue weighted by Gasteiger charge is -2.35. The average molecular weight is 316 g/mol. The minimum absolute atomic E-state index is 0.0821. The van der Waals surface area contributed by atoms with Crippen molar-refractivity contribution in [2.45, 2.75) is 44.0 Å². The van der Waals surface area contributed by atoms with Gasteiger partial charge < -0.3 is 0 Å². The SMILES string of the molecule is CC1CCC(C)N(S(=O)(=O)c2ccc(CCCl)cc2)C1. The van der Waals surface area contributed by atoms with E-state index in [1.807, 2.05) is 19.1 Å². The lowest BCUT2D eigenvalue weighted by Crippen LogP contribution is -2.44. The van der Waals surface area contributed by atoms with E-state index in [1.54, 1.807) is 16.4 Å². The molecule has 1 saturated heterocycles. The maximum Gasteiger partial charge on any atom is 0.243 e. The third kappa shape index (κ3) is 3.35. The van der Waals surface area contributed by atoms with E-state index in [0.29, 0.717) is 23.2 Å². The van der Waals surface area contributed by atoms with Gasteiger partial charge in [-0.15, -0.1) is 11.6 Å². The Balaban J connectivity index is 2.24. The van der Waals surface area contributed by atoms with E-state index in [0.717, 1.165) is 24.8 Å². The molecule has 0 N–H and O–H groups in total. The van der Waals surface area contributed by atoms with Gasteiger partial charge >= 0.3 is 0 Å². The summed E-state index contributed by atoms with van der Waals surface area (Å²) >= 11 is 5.70. The average Bonchev–Trinajstić information content (AvgIpc) is 2.42. The van der Waals surface area contributed by atoms with E-state index in [-0.39, 0.29) is 6.04 Å². The molecule has 5 heteroatoms. The van der Waals surface area contributed by atoms with Crippen molar-refractivity contribution >= 4 is 21.6 Å². The molecule has 0 spiro atoms. The molecule has 2 rings (SSSR count). The van der Waals surface area contributed by atoms with Gasteiger partial charge in [-0.05, 0) is 49.8 Å². The number of hydrogen-bond donors (Lipinski definition) is 0. The molecule has 0 aromatic heterocycles. The van der Waals surface area contributed by atoms with Gasteiger partial charge in [0.15, 0.2) is 0 Å². The second-order valence-corrected chi connectivity index (χ2v) is 7.96. The molecule has 2 atom stereocenters. The summed E-state index contributed by atoms with van der Waals surface area (Å²) in [5, 5.41) is 0. The van der Waals surface area contributed by atoms with Crippen LogP contribution in [0.4, 0.5) is 0 Å². The Morgan fingerprint density at radius 1 is 1.20 bits per heavy atom. The molecule has 1 fully saturated rings. The minimum atomic E-state index is -3.38. The van der Waals surface area contributed by atoms with Crippen LogP contribution in [0.3, 0.4) is 0 Å². The third-order valence-electron chi connectivity index (χ3n) is 3.97. The fourth-order valence-corrected chi connectivity index (χ4v) is 4.65. The summed E-state index contributed by atoms with van der Waals surface area (Å²) in [6, 6.07) is 7.19. The van der Waals surface area contributed by atoms with Crippen LogP contribution in [0.15, 0.2) is 29.2 Å². The molecular weight excluding hydrogens is 294 g/mol. The molecular formula is C15H22ClNO2S. The Morgan fingerprint density at radius 3 is 2.45 bits per heavy atom. The maximum atomic E-state index is 12.7. The highest BCUT2D eigenvalue weighted by Crippen LogP contribution is 2.27. The van der Waals surface area contributed by atoms with Gasteiger partial charge in [0, 0.05) is 18.5 Å². The Hall–Kier alpha value is -0.580. The highest BCUT2D eigenvalue weighted by molar-refractivity contribution is 7.89. The number of halogens is 1. The Bertz CT molecular complexity index is 541. The van der Waals surface area contributed by atoms with Crippen LogP contribution in [0.1, 0.15) is 32.3 Å². The lowest BCUT2D eigenvalue weighted by atomic mass is 9.97. The lowest BCUT2D eigenvalue weighted by molar-refractivity contribution is 0.218. The van der Waals surface area contributed by atoms with Crippen LogP contribution in [0, 0.1) is 5.92 Å². The van der Waals surface area contributed by atoms with E-state index in [2.05, 4.69) is 6.92 Å². The topological polar surface area (TPSA) is 37.4 Å². The zero-order valence-corrected chi connectivity index (χ0v) is 13.6. The first kappa shape index (κ1) is 15.8. The predicted molar refractivity (Wildman–Crippen MR) is 82.6 cm³/mol. The van der Waals surface area contributed by atoms with Gasteiger partial charge in [-0.1, -0.05) is 19.1 Å². The molecule has 0 aliphatic carbocycles. The van der Waals surface area contributed by atoms with Crippen LogP contribution in [0.2, 0.25) is 0 Å². The molecule has 0 amide bonds. The summed E-state index contributed by atoms with van der Waals surface area (Å²) in [7, 11) is -3.38. The molecule has 3 nitrogen and oxygen atoms in total. The number of benzene rings is 1. The molecule has 1 aliphatic rings. The van der Waals surface area contributed by atoms with Crippen molar-refractivity contribution in [2.24, 2.45) is 5.92 Å². The first-order valence-electron chi connectivity index (χ1n) is 7.12. The fourth-order valence-electron chi connectivity index (χ4n) is 2.66. The molecule has 1 aliphatic heterocycles. The van der Waals surface area contributed by atoms with Gasteiger partial charge in [0.25, 0.3) is 0 Å². The number of hydrogen-bond acceptors (Lipinski definition) is 2. The van der Waals surface area contributed by atoms with Crippen LogP contribution in [0.5, 0.6) is 0 Å². The van der Waals surface area contributed by atoms with Gasteiger partial charge in [-0.2, -0.15) is 4.31 Å². The van der Waals surface area contributed by atoms with E-state index in [1.165, 1.54) is 0 Å². The van der Waals surface area contributed by atoms with E-state index < -0.39 is 10.0 Å². The molecule has 2 unspecified atom stereocenters. The molecule has 0 radical (unpaired) electrons. The summed E-state index contributed by atoms with van der Waals surface area (Å²) in [6.45, 7) is 4.72. The van der Waals surface area contributed by atoms with E-state index in [9.17, 15) is 8.42 Å². The quantitative estimate of drug-likeness (QED) is 0.800. The highest BCUT2D eigenvalue weighted by Gasteiger charge is 2.33. The number of aryl methyl sites for hydroxylation is 1.